The van der Waals surface area contributed by atoms with Gasteiger partial charge in [-0.1, -0.05) is 29.3 Å². The lowest BCUT2D eigenvalue weighted by molar-refractivity contribution is 0.0955. The van der Waals surface area contributed by atoms with E-state index >= 15 is 0 Å². The second-order valence-electron chi connectivity index (χ2n) is 3.22. The maximum atomic E-state index is 11.7. The second-order valence-corrected chi connectivity index (χ2v) is 4.97. The van der Waals surface area contributed by atoms with Gasteiger partial charge in [0, 0.05) is 10.4 Å². The summed E-state index contributed by atoms with van der Waals surface area (Å²) in [6.07, 6.45) is 1.56. The number of amides is 1. The predicted molar refractivity (Wildman–Crippen MR) is 73.6 cm³/mol. The highest BCUT2D eigenvalue weighted by Gasteiger charge is 2.07. The molecule has 0 aromatic carbocycles. The Morgan fingerprint density at radius 2 is 2.11 bits per heavy atom. The molecule has 0 saturated heterocycles. The first-order valence-corrected chi connectivity index (χ1v) is 6.49. The second kappa shape index (κ2) is 5.95. The number of aromatic nitrogens is 1. The standard InChI is InChI=1S/C11H7Cl2N3OS/c12-9-4-7(5-10(13)15-9)11(17)16-14-6-8-2-1-3-18-8/h1-6H,(H,16,17)/b14-6+. The van der Waals surface area contributed by atoms with Gasteiger partial charge in [-0.15, -0.1) is 11.3 Å². The molecule has 92 valence electrons. The highest BCUT2D eigenvalue weighted by atomic mass is 35.5. The van der Waals surface area contributed by atoms with E-state index in [4.69, 9.17) is 23.2 Å². The van der Waals surface area contributed by atoms with E-state index in [9.17, 15) is 4.79 Å². The number of thiophene rings is 1. The Morgan fingerprint density at radius 1 is 1.39 bits per heavy atom. The first-order chi connectivity index (χ1) is 8.65. The van der Waals surface area contributed by atoms with E-state index in [-0.39, 0.29) is 10.3 Å². The van der Waals surface area contributed by atoms with Gasteiger partial charge >= 0.3 is 0 Å². The van der Waals surface area contributed by atoms with Gasteiger partial charge in [0.25, 0.3) is 5.91 Å². The van der Waals surface area contributed by atoms with Crippen LogP contribution in [0.3, 0.4) is 0 Å². The third-order valence-electron chi connectivity index (χ3n) is 1.93. The van der Waals surface area contributed by atoms with Gasteiger partial charge < -0.3 is 0 Å². The monoisotopic (exact) mass is 299 g/mol. The molecule has 0 unspecified atom stereocenters. The highest BCUT2D eigenvalue weighted by molar-refractivity contribution is 7.11. The molecule has 2 aromatic rings. The minimum atomic E-state index is -0.394. The van der Waals surface area contributed by atoms with Gasteiger partial charge in [-0.25, -0.2) is 10.4 Å². The van der Waals surface area contributed by atoms with E-state index in [1.54, 1.807) is 6.21 Å². The number of hydrazone groups is 1. The van der Waals surface area contributed by atoms with E-state index in [1.807, 2.05) is 17.5 Å². The summed E-state index contributed by atoms with van der Waals surface area (Å²) in [6, 6.07) is 6.63. The largest absolute Gasteiger partial charge is 0.271 e. The smallest absolute Gasteiger partial charge is 0.267 e. The van der Waals surface area contributed by atoms with Crippen molar-refractivity contribution < 1.29 is 4.79 Å². The maximum Gasteiger partial charge on any atom is 0.271 e. The summed E-state index contributed by atoms with van der Waals surface area (Å²) in [7, 11) is 0. The van der Waals surface area contributed by atoms with E-state index in [0.717, 1.165) is 4.88 Å². The topological polar surface area (TPSA) is 54.4 Å². The maximum absolute atomic E-state index is 11.7. The molecule has 2 heterocycles. The molecule has 0 aliphatic heterocycles. The Balaban J connectivity index is 2.03. The van der Waals surface area contributed by atoms with Gasteiger partial charge in [-0.05, 0) is 23.6 Å². The van der Waals surface area contributed by atoms with Crippen LogP contribution in [0.5, 0.6) is 0 Å². The Morgan fingerprint density at radius 3 is 2.72 bits per heavy atom. The predicted octanol–water partition coefficient (Wildman–Crippen LogP) is 3.21. The van der Waals surface area contributed by atoms with Gasteiger partial charge in [0.2, 0.25) is 0 Å². The third kappa shape index (κ3) is 3.53. The molecular formula is C11H7Cl2N3OS. The number of hydrogen-bond donors (Lipinski definition) is 1. The molecule has 0 fully saturated rings. The quantitative estimate of drug-likeness (QED) is 0.537. The number of nitrogens with one attached hydrogen (secondary N) is 1. The lowest BCUT2D eigenvalue weighted by Crippen LogP contribution is -2.17. The number of hydrogen-bond acceptors (Lipinski definition) is 4. The molecule has 0 aliphatic rings. The zero-order valence-electron chi connectivity index (χ0n) is 8.93. The fourth-order valence-corrected chi connectivity index (χ4v) is 2.23. The van der Waals surface area contributed by atoms with Crippen LogP contribution < -0.4 is 5.43 Å². The minimum absolute atomic E-state index is 0.162. The van der Waals surface area contributed by atoms with Crippen molar-refractivity contribution in [3.63, 3.8) is 0 Å². The van der Waals surface area contributed by atoms with Gasteiger partial charge in [0.1, 0.15) is 10.3 Å². The lowest BCUT2D eigenvalue weighted by atomic mass is 10.2. The first-order valence-electron chi connectivity index (χ1n) is 4.85. The highest BCUT2D eigenvalue weighted by Crippen LogP contribution is 2.14. The average Bonchev–Trinajstić information content (AvgIpc) is 2.80. The fourth-order valence-electron chi connectivity index (χ4n) is 1.18. The Kier molecular flexibility index (Phi) is 4.30. The zero-order chi connectivity index (χ0) is 13.0. The molecule has 0 atom stereocenters. The molecule has 4 nitrogen and oxygen atoms in total. The molecule has 0 radical (unpaired) electrons. The average molecular weight is 300 g/mol. The summed E-state index contributed by atoms with van der Waals surface area (Å²) in [5, 5.41) is 6.07. The van der Waals surface area contributed by atoms with Crippen LogP contribution in [0.4, 0.5) is 0 Å². The van der Waals surface area contributed by atoms with Crippen LogP contribution in [-0.4, -0.2) is 17.1 Å². The summed E-state index contributed by atoms with van der Waals surface area (Å²) >= 11 is 12.9. The molecule has 0 bridgehead atoms. The SMILES string of the molecule is O=C(N/N=C/c1cccs1)c1cc(Cl)nc(Cl)c1. The number of nitrogens with zero attached hydrogens (tertiary/aromatic N) is 2. The van der Waals surface area contributed by atoms with Crippen molar-refractivity contribution in [2.45, 2.75) is 0 Å². The van der Waals surface area contributed by atoms with E-state index < -0.39 is 5.91 Å². The minimum Gasteiger partial charge on any atom is -0.267 e. The van der Waals surface area contributed by atoms with Crippen LogP contribution in [0.15, 0.2) is 34.7 Å². The molecule has 2 rings (SSSR count). The van der Waals surface area contributed by atoms with Crippen LogP contribution in [-0.2, 0) is 0 Å². The summed E-state index contributed by atoms with van der Waals surface area (Å²) in [5.74, 6) is -0.394. The summed E-state index contributed by atoms with van der Waals surface area (Å²) < 4.78 is 0. The number of carbonyl (C=O) groups excluding carboxylic acids is 1. The lowest BCUT2D eigenvalue weighted by Gasteiger charge is -2.00. The molecule has 2 aromatic heterocycles. The molecule has 1 amide bonds. The van der Waals surface area contributed by atoms with Crippen molar-refractivity contribution in [1.29, 1.82) is 0 Å². The molecule has 0 spiro atoms. The van der Waals surface area contributed by atoms with Gasteiger partial charge in [-0.2, -0.15) is 5.10 Å². The van der Waals surface area contributed by atoms with Gasteiger partial charge in [0.05, 0.1) is 6.21 Å². The van der Waals surface area contributed by atoms with Gasteiger partial charge in [0.15, 0.2) is 0 Å². The van der Waals surface area contributed by atoms with E-state index in [0.29, 0.717) is 5.56 Å². The normalized spacial score (nSPS) is 10.8. The van der Waals surface area contributed by atoms with Crippen LogP contribution in [0.1, 0.15) is 15.2 Å². The Hall–Kier alpha value is -1.43. The summed E-state index contributed by atoms with van der Waals surface area (Å²) in [6.45, 7) is 0. The first kappa shape index (κ1) is 13.0. The van der Waals surface area contributed by atoms with Crippen LogP contribution >= 0.6 is 34.5 Å². The Labute approximate surface area is 117 Å². The number of carbonyl (C=O) groups is 1. The number of halogens is 2. The molecule has 0 saturated carbocycles. The van der Waals surface area contributed by atoms with Crippen molar-refractivity contribution in [2.24, 2.45) is 5.10 Å². The number of pyridine rings is 1. The van der Waals surface area contributed by atoms with E-state index in [1.165, 1.54) is 23.5 Å². The summed E-state index contributed by atoms with van der Waals surface area (Å²) in [5.41, 5.74) is 2.69. The van der Waals surface area contributed by atoms with Crippen molar-refractivity contribution in [3.8, 4) is 0 Å². The summed E-state index contributed by atoms with van der Waals surface area (Å²) in [4.78, 5) is 16.4. The molecule has 7 heteroatoms. The third-order valence-corrected chi connectivity index (χ3v) is 3.12. The zero-order valence-corrected chi connectivity index (χ0v) is 11.3. The van der Waals surface area contributed by atoms with Crippen LogP contribution in [0, 0.1) is 0 Å². The van der Waals surface area contributed by atoms with E-state index in [2.05, 4.69) is 15.5 Å². The molecular weight excluding hydrogens is 293 g/mol. The van der Waals surface area contributed by atoms with Crippen molar-refractivity contribution in [3.05, 3.63) is 50.4 Å². The molecule has 18 heavy (non-hydrogen) atoms. The van der Waals surface area contributed by atoms with Crippen molar-refractivity contribution in [1.82, 2.24) is 10.4 Å². The van der Waals surface area contributed by atoms with Crippen molar-refractivity contribution >= 4 is 46.7 Å². The Bertz CT molecular complexity index is 564. The van der Waals surface area contributed by atoms with Gasteiger partial charge in [-0.3, -0.25) is 4.79 Å². The number of rotatable bonds is 3. The van der Waals surface area contributed by atoms with Crippen LogP contribution in [0.25, 0.3) is 0 Å². The van der Waals surface area contributed by atoms with Crippen molar-refractivity contribution in [2.75, 3.05) is 0 Å². The van der Waals surface area contributed by atoms with Crippen LogP contribution in [0.2, 0.25) is 10.3 Å². The molecule has 1 N–H and O–H groups in total. The fraction of sp³-hybridized carbons (Fsp3) is 0. The molecule has 0 aliphatic carbocycles.